The molecule has 16 heavy (non-hydrogen) atoms. The summed E-state index contributed by atoms with van der Waals surface area (Å²) in [6, 6.07) is 7.28. The summed E-state index contributed by atoms with van der Waals surface area (Å²) in [6.07, 6.45) is 0. The highest BCUT2D eigenvalue weighted by atomic mass is 19.1. The van der Waals surface area contributed by atoms with Crippen LogP contribution in [0.15, 0.2) is 24.3 Å². The fourth-order valence-electron chi connectivity index (χ4n) is 1.30. The lowest BCUT2D eigenvalue weighted by molar-refractivity contribution is -0.147. The van der Waals surface area contributed by atoms with Gasteiger partial charge >= 0.3 is 5.97 Å². The average Bonchev–Trinajstić information content (AvgIpc) is 2.28. The zero-order chi connectivity index (χ0) is 12.2. The number of rotatable bonds is 3. The van der Waals surface area contributed by atoms with Gasteiger partial charge < -0.3 is 4.74 Å². The number of benzene rings is 1. The number of hydrogen-bond donors (Lipinski definition) is 0. The van der Waals surface area contributed by atoms with Crippen LogP contribution in [0.1, 0.15) is 19.4 Å². The van der Waals surface area contributed by atoms with Crippen LogP contribution in [0.5, 0.6) is 0 Å². The standard InChI is InChI=1S/C12H12FNO2/c1-3-16-11(15)12(2,8-14)9-5-4-6-10(13)7-9/h4-7H,3H2,1-2H3. The van der Waals surface area contributed by atoms with Crippen molar-refractivity contribution < 1.29 is 13.9 Å². The molecule has 0 aliphatic carbocycles. The molecule has 1 rings (SSSR count). The fourth-order valence-corrected chi connectivity index (χ4v) is 1.30. The van der Waals surface area contributed by atoms with Crippen LogP contribution in [-0.2, 0) is 14.9 Å². The molecule has 0 aliphatic rings. The number of halogens is 1. The summed E-state index contributed by atoms with van der Waals surface area (Å²) in [5, 5.41) is 9.05. The minimum atomic E-state index is -1.46. The summed E-state index contributed by atoms with van der Waals surface area (Å²) in [7, 11) is 0. The molecule has 0 bridgehead atoms. The van der Waals surface area contributed by atoms with E-state index in [2.05, 4.69) is 0 Å². The third-order valence-electron chi connectivity index (χ3n) is 2.31. The first kappa shape index (κ1) is 12.2. The van der Waals surface area contributed by atoms with Gasteiger partial charge in [-0.05, 0) is 31.5 Å². The second kappa shape index (κ2) is 4.75. The molecular formula is C12H12FNO2. The van der Waals surface area contributed by atoms with Crippen LogP contribution >= 0.6 is 0 Å². The monoisotopic (exact) mass is 221 g/mol. The predicted molar refractivity (Wildman–Crippen MR) is 56.0 cm³/mol. The quantitative estimate of drug-likeness (QED) is 0.735. The van der Waals surface area contributed by atoms with Crippen molar-refractivity contribution in [3.05, 3.63) is 35.6 Å². The van der Waals surface area contributed by atoms with E-state index in [4.69, 9.17) is 10.00 Å². The molecule has 0 radical (unpaired) electrons. The van der Waals surface area contributed by atoms with E-state index in [1.807, 2.05) is 6.07 Å². The SMILES string of the molecule is CCOC(=O)C(C)(C#N)c1cccc(F)c1. The van der Waals surface area contributed by atoms with E-state index < -0.39 is 17.2 Å². The Morgan fingerprint density at radius 1 is 1.62 bits per heavy atom. The molecule has 1 unspecified atom stereocenters. The molecule has 0 heterocycles. The molecule has 0 fully saturated rings. The zero-order valence-corrected chi connectivity index (χ0v) is 9.16. The normalized spacial score (nSPS) is 13.6. The van der Waals surface area contributed by atoms with Gasteiger partial charge in [-0.15, -0.1) is 0 Å². The van der Waals surface area contributed by atoms with Gasteiger partial charge in [0.1, 0.15) is 5.82 Å². The van der Waals surface area contributed by atoms with Crippen molar-refractivity contribution in [3.63, 3.8) is 0 Å². The molecular weight excluding hydrogens is 209 g/mol. The summed E-state index contributed by atoms with van der Waals surface area (Å²) < 4.78 is 17.8. The van der Waals surface area contributed by atoms with E-state index in [1.54, 1.807) is 6.92 Å². The number of hydrogen-bond acceptors (Lipinski definition) is 3. The van der Waals surface area contributed by atoms with Crippen LogP contribution in [0.25, 0.3) is 0 Å². The number of nitrogens with zero attached hydrogens (tertiary/aromatic N) is 1. The van der Waals surface area contributed by atoms with Gasteiger partial charge in [0, 0.05) is 0 Å². The molecule has 1 aromatic carbocycles. The van der Waals surface area contributed by atoms with Crippen molar-refractivity contribution in [2.45, 2.75) is 19.3 Å². The van der Waals surface area contributed by atoms with Crippen molar-refractivity contribution in [1.29, 1.82) is 5.26 Å². The third kappa shape index (κ3) is 2.19. The predicted octanol–water partition coefficient (Wildman–Crippen LogP) is 2.17. The van der Waals surface area contributed by atoms with Crippen molar-refractivity contribution in [2.24, 2.45) is 0 Å². The molecule has 0 N–H and O–H groups in total. The van der Waals surface area contributed by atoms with Crippen LogP contribution in [0.2, 0.25) is 0 Å². The second-order valence-electron chi connectivity index (χ2n) is 3.47. The molecule has 0 spiro atoms. The summed E-state index contributed by atoms with van der Waals surface area (Å²) >= 11 is 0. The maximum absolute atomic E-state index is 13.0. The Morgan fingerprint density at radius 3 is 2.81 bits per heavy atom. The molecule has 0 saturated heterocycles. The van der Waals surface area contributed by atoms with E-state index in [1.165, 1.54) is 31.2 Å². The average molecular weight is 221 g/mol. The van der Waals surface area contributed by atoms with E-state index in [9.17, 15) is 9.18 Å². The van der Waals surface area contributed by atoms with Crippen LogP contribution in [0.4, 0.5) is 4.39 Å². The minimum Gasteiger partial charge on any atom is -0.465 e. The Bertz CT molecular complexity index is 439. The molecule has 1 aromatic rings. The number of carbonyl (C=O) groups is 1. The van der Waals surface area contributed by atoms with Crippen LogP contribution < -0.4 is 0 Å². The van der Waals surface area contributed by atoms with Crippen LogP contribution in [-0.4, -0.2) is 12.6 Å². The van der Waals surface area contributed by atoms with Gasteiger partial charge in [0.05, 0.1) is 12.7 Å². The largest absolute Gasteiger partial charge is 0.465 e. The van der Waals surface area contributed by atoms with Gasteiger partial charge in [-0.2, -0.15) is 5.26 Å². The lowest BCUT2D eigenvalue weighted by Gasteiger charge is -2.19. The highest BCUT2D eigenvalue weighted by Crippen LogP contribution is 2.25. The Hall–Kier alpha value is -1.89. The van der Waals surface area contributed by atoms with Gasteiger partial charge in [-0.25, -0.2) is 9.18 Å². The number of carbonyl (C=O) groups excluding carboxylic acids is 1. The van der Waals surface area contributed by atoms with Crippen molar-refractivity contribution >= 4 is 5.97 Å². The lowest BCUT2D eigenvalue weighted by Crippen LogP contribution is -2.33. The smallest absolute Gasteiger partial charge is 0.330 e. The molecule has 1 atom stereocenters. The molecule has 0 aromatic heterocycles. The van der Waals surface area contributed by atoms with E-state index in [-0.39, 0.29) is 6.61 Å². The number of esters is 1. The Kier molecular flexibility index (Phi) is 3.62. The number of nitriles is 1. The van der Waals surface area contributed by atoms with Crippen molar-refractivity contribution in [2.75, 3.05) is 6.61 Å². The first-order valence-electron chi connectivity index (χ1n) is 4.89. The molecule has 0 saturated carbocycles. The summed E-state index contributed by atoms with van der Waals surface area (Å²) in [4.78, 5) is 11.6. The molecule has 4 heteroatoms. The molecule has 84 valence electrons. The van der Waals surface area contributed by atoms with Gasteiger partial charge in [-0.1, -0.05) is 12.1 Å². The maximum atomic E-state index is 13.0. The van der Waals surface area contributed by atoms with Gasteiger partial charge in [0.2, 0.25) is 0 Å². The fraction of sp³-hybridized carbons (Fsp3) is 0.333. The lowest BCUT2D eigenvalue weighted by atomic mass is 9.84. The second-order valence-corrected chi connectivity index (χ2v) is 3.47. The highest BCUT2D eigenvalue weighted by Gasteiger charge is 2.37. The van der Waals surface area contributed by atoms with E-state index >= 15 is 0 Å². The Labute approximate surface area is 93.5 Å². The van der Waals surface area contributed by atoms with E-state index in [0.29, 0.717) is 5.56 Å². The molecule has 3 nitrogen and oxygen atoms in total. The zero-order valence-electron chi connectivity index (χ0n) is 9.16. The summed E-state index contributed by atoms with van der Waals surface area (Å²) in [6.45, 7) is 3.26. The Balaban J connectivity index is 3.16. The van der Waals surface area contributed by atoms with Crippen molar-refractivity contribution in [3.8, 4) is 6.07 Å². The summed E-state index contributed by atoms with van der Waals surface area (Å²) in [5.74, 6) is -1.15. The first-order valence-corrected chi connectivity index (χ1v) is 4.89. The Morgan fingerprint density at radius 2 is 2.31 bits per heavy atom. The number of ether oxygens (including phenoxy) is 1. The van der Waals surface area contributed by atoms with Crippen LogP contribution in [0, 0.1) is 17.1 Å². The van der Waals surface area contributed by atoms with E-state index in [0.717, 1.165) is 0 Å². The first-order chi connectivity index (χ1) is 7.54. The molecule has 0 aliphatic heterocycles. The van der Waals surface area contributed by atoms with Crippen molar-refractivity contribution in [1.82, 2.24) is 0 Å². The molecule has 0 amide bonds. The minimum absolute atomic E-state index is 0.186. The highest BCUT2D eigenvalue weighted by molar-refractivity contribution is 5.86. The van der Waals surface area contributed by atoms with Crippen LogP contribution in [0.3, 0.4) is 0 Å². The van der Waals surface area contributed by atoms with Gasteiger partial charge in [0.25, 0.3) is 0 Å². The van der Waals surface area contributed by atoms with Gasteiger partial charge in [-0.3, -0.25) is 0 Å². The summed E-state index contributed by atoms with van der Waals surface area (Å²) in [5.41, 5.74) is -1.16. The third-order valence-corrected chi connectivity index (χ3v) is 2.31. The van der Waals surface area contributed by atoms with Gasteiger partial charge in [0.15, 0.2) is 5.41 Å². The maximum Gasteiger partial charge on any atom is 0.330 e. The topological polar surface area (TPSA) is 50.1 Å².